The Bertz CT molecular complexity index is 1610. The number of carbonyl (C=O) groups is 4. The van der Waals surface area contributed by atoms with Crippen LogP contribution in [0.2, 0.25) is 0 Å². The highest BCUT2D eigenvalue weighted by Gasteiger charge is 2.39. The van der Waals surface area contributed by atoms with Crippen molar-refractivity contribution in [2.75, 3.05) is 23.9 Å². The molecule has 4 aromatic carbocycles. The zero-order chi connectivity index (χ0) is 28.9. The van der Waals surface area contributed by atoms with Crippen LogP contribution < -0.4 is 15.0 Å². The predicted octanol–water partition coefficient (Wildman–Crippen LogP) is 4.77. The first-order chi connectivity index (χ1) is 19.9. The van der Waals surface area contributed by atoms with Crippen LogP contribution in [0.1, 0.15) is 27.5 Å². The number of fused-ring (bicyclic) bond motifs is 1. The Kier molecular flexibility index (Phi) is 7.87. The van der Waals surface area contributed by atoms with E-state index in [2.05, 4.69) is 5.32 Å². The molecule has 1 aliphatic heterocycles. The lowest BCUT2D eigenvalue weighted by atomic mass is 10.0. The van der Waals surface area contributed by atoms with E-state index in [-0.39, 0.29) is 17.7 Å². The minimum Gasteiger partial charge on any atom is -0.497 e. The number of anilines is 2. The predicted molar refractivity (Wildman–Crippen MR) is 151 cm³/mol. The molecule has 0 aliphatic carbocycles. The Balaban J connectivity index is 1.53. The summed E-state index contributed by atoms with van der Waals surface area (Å²) >= 11 is 0. The van der Waals surface area contributed by atoms with Gasteiger partial charge in [0.25, 0.3) is 17.6 Å². The van der Waals surface area contributed by atoms with Gasteiger partial charge in [-0.15, -0.1) is 0 Å². The largest absolute Gasteiger partial charge is 0.497 e. The van der Waals surface area contributed by atoms with Crippen LogP contribution >= 0.6 is 0 Å². The summed E-state index contributed by atoms with van der Waals surface area (Å²) in [5, 5.41) is 2.84. The van der Waals surface area contributed by atoms with Gasteiger partial charge in [0, 0.05) is 17.8 Å². The number of benzene rings is 4. The third-order valence-corrected chi connectivity index (χ3v) is 6.82. The van der Waals surface area contributed by atoms with Crippen molar-refractivity contribution in [2.24, 2.45) is 0 Å². The molecule has 0 bridgehead atoms. The number of ether oxygens (including phenoxy) is 1. The molecule has 1 atom stereocenters. The van der Waals surface area contributed by atoms with Crippen LogP contribution in [-0.4, -0.2) is 42.1 Å². The van der Waals surface area contributed by atoms with Crippen LogP contribution in [0.5, 0.6) is 5.75 Å². The normalized spacial score (nSPS) is 13.0. The summed E-state index contributed by atoms with van der Waals surface area (Å²) in [4.78, 5) is 55.7. The Hall–Kier alpha value is -5.31. The molecule has 0 aromatic heterocycles. The van der Waals surface area contributed by atoms with Crippen molar-refractivity contribution in [1.29, 1.82) is 0 Å². The van der Waals surface area contributed by atoms with Crippen LogP contribution in [0, 0.1) is 5.82 Å². The fourth-order valence-corrected chi connectivity index (χ4v) is 4.76. The quantitative estimate of drug-likeness (QED) is 0.302. The second-order valence-corrected chi connectivity index (χ2v) is 9.38. The molecular formula is C32H26FN3O5. The van der Waals surface area contributed by atoms with Crippen molar-refractivity contribution in [3.8, 4) is 5.75 Å². The number of nitrogens with one attached hydrogen (secondary N) is 1. The fourth-order valence-electron chi connectivity index (χ4n) is 4.76. The van der Waals surface area contributed by atoms with Gasteiger partial charge in [0.15, 0.2) is 0 Å². The Morgan fingerprint density at radius 3 is 2.24 bits per heavy atom. The second-order valence-electron chi connectivity index (χ2n) is 9.38. The Morgan fingerprint density at radius 1 is 0.878 bits per heavy atom. The lowest BCUT2D eigenvalue weighted by Crippen LogP contribution is -2.46. The van der Waals surface area contributed by atoms with Gasteiger partial charge in [-0.2, -0.15) is 0 Å². The van der Waals surface area contributed by atoms with Gasteiger partial charge in [0.05, 0.1) is 18.4 Å². The first kappa shape index (κ1) is 27.3. The molecule has 1 aliphatic rings. The summed E-state index contributed by atoms with van der Waals surface area (Å²) in [7, 11) is 1.53. The van der Waals surface area contributed by atoms with Gasteiger partial charge >= 0.3 is 0 Å². The molecule has 1 heterocycles. The molecule has 0 fully saturated rings. The minimum atomic E-state index is -1.20. The Morgan fingerprint density at radius 2 is 1.54 bits per heavy atom. The number of carbonyl (C=O) groups excluding carboxylic acids is 4. The average Bonchev–Trinajstić information content (AvgIpc) is 3.23. The molecule has 4 aromatic rings. The number of Topliss-reactive ketones (excluding diaryl/α,β-unsaturated/α-hetero) is 1. The van der Waals surface area contributed by atoms with E-state index >= 15 is 0 Å². The minimum absolute atomic E-state index is 0.184. The Labute approximate surface area is 236 Å². The lowest BCUT2D eigenvalue weighted by Gasteiger charge is -2.33. The fraction of sp³-hybridized carbons (Fsp3) is 0.125. The number of ketones is 1. The van der Waals surface area contributed by atoms with Crippen molar-refractivity contribution < 1.29 is 28.3 Å². The summed E-state index contributed by atoms with van der Waals surface area (Å²) in [5.41, 5.74) is 1.63. The highest BCUT2D eigenvalue weighted by atomic mass is 19.1. The van der Waals surface area contributed by atoms with Crippen molar-refractivity contribution in [3.63, 3.8) is 0 Å². The average molecular weight is 552 g/mol. The third-order valence-electron chi connectivity index (χ3n) is 6.82. The molecule has 3 amide bonds. The van der Waals surface area contributed by atoms with E-state index in [4.69, 9.17) is 4.74 Å². The van der Waals surface area contributed by atoms with Crippen LogP contribution in [0.3, 0.4) is 0 Å². The summed E-state index contributed by atoms with van der Waals surface area (Å²) in [6, 6.07) is 26.5. The first-order valence-corrected chi connectivity index (χ1v) is 12.9. The van der Waals surface area contributed by atoms with Gasteiger partial charge in [-0.3, -0.25) is 24.1 Å². The third kappa shape index (κ3) is 5.69. The summed E-state index contributed by atoms with van der Waals surface area (Å²) < 4.78 is 20.0. The zero-order valence-electron chi connectivity index (χ0n) is 22.1. The zero-order valence-corrected chi connectivity index (χ0v) is 22.1. The molecule has 8 nitrogen and oxygen atoms in total. The van der Waals surface area contributed by atoms with Gasteiger partial charge in [0.1, 0.15) is 24.2 Å². The van der Waals surface area contributed by atoms with Gasteiger partial charge in [-0.05, 0) is 48.0 Å². The number of hydrogen-bond acceptors (Lipinski definition) is 5. The molecule has 1 N–H and O–H groups in total. The maximum atomic E-state index is 14.9. The molecule has 9 heteroatoms. The summed E-state index contributed by atoms with van der Waals surface area (Å²) in [6.45, 7) is -0.784. The number of nitrogens with zero attached hydrogens (tertiary/aromatic N) is 2. The molecule has 0 saturated heterocycles. The van der Waals surface area contributed by atoms with Crippen molar-refractivity contribution in [2.45, 2.75) is 12.6 Å². The standard InChI is InChI=1S/C32H26FN3O5/c1-41-24-17-15-23(16-18-24)34-31(39)29(21-9-3-2-4-10-21)36(19-22-11-5-7-13-26(22)33)28(37)20-35-27-14-8-6-12-25(27)30(38)32(35)40/h2-18,29H,19-20H2,1H3,(H,34,39). The molecule has 0 radical (unpaired) electrons. The van der Waals surface area contributed by atoms with Crippen LogP contribution in [0.15, 0.2) is 103 Å². The smallest absolute Gasteiger partial charge is 0.299 e. The molecule has 5 rings (SSSR count). The van der Waals surface area contributed by atoms with E-state index < -0.39 is 41.9 Å². The van der Waals surface area contributed by atoms with Crippen LogP contribution in [0.25, 0.3) is 0 Å². The van der Waals surface area contributed by atoms with Crippen molar-refractivity contribution in [1.82, 2.24) is 4.90 Å². The van der Waals surface area contributed by atoms with E-state index in [1.165, 1.54) is 36.3 Å². The van der Waals surface area contributed by atoms with Gasteiger partial charge in [0.2, 0.25) is 5.91 Å². The number of para-hydroxylation sites is 1. The van der Waals surface area contributed by atoms with E-state index in [9.17, 15) is 23.6 Å². The van der Waals surface area contributed by atoms with Crippen LogP contribution in [0.4, 0.5) is 15.8 Å². The molecule has 0 saturated carbocycles. The van der Waals surface area contributed by atoms with Gasteiger partial charge in [-0.25, -0.2) is 4.39 Å². The number of rotatable bonds is 9. The number of amides is 3. The molecule has 1 unspecified atom stereocenters. The summed E-state index contributed by atoms with van der Waals surface area (Å²) in [5.74, 6) is -2.70. The highest BCUT2D eigenvalue weighted by molar-refractivity contribution is 6.52. The van der Waals surface area contributed by atoms with Crippen molar-refractivity contribution in [3.05, 3.63) is 126 Å². The molecule has 0 spiro atoms. The number of halogens is 1. The first-order valence-electron chi connectivity index (χ1n) is 12.9. The molecular weight excluding hydrogens is 525 g/mol. The van der Waals surface area contributed by atoms with E-state index in [1.807, 2.05) is 0 Å². The second kappa shape index (κ2) is 11.8. The van der Waals surface area contributed by atoms with Crippen LogP contribution in [-0.2, 0) is 20.9 Å². The highest BCUT2D eigenvalue weighted by Crippen LogP contribution is 2.31. The van der Waals surface area contributed by atoms with E-state index in [1.54, 1.807) is 78.9 Å². The molecule has 41 heavy (non-hydrogen) atoms. The lowest BCUT2D eigenvalue weighted by molar-refractivity contribution is -0.139. The summed E-state index contributed by atoms with van der Waals surface area (Å²) in [6.07, 6.45) is 0. The number of hydrogen-bond donors (Lipinski definition) is 1. The molecule has 206 valence electrons. The number of methoxy groups -OCH3 is 1. The van der Waals surface area contributed by atoms with Crippen molar-refractivity contribution >= 4 is 34.9 Å². The van der Waals surface area contributed by atoms with E-state index in [0.29, 0.717) is 22.7 Å². The topological polar surface area (TPSA) is 96.0 Å². The monoisotopic (exact) mass is 551 g/mol. The van der Waals surface area contributed by atoms with Gasteiger partial charge < -0.3 is 15.0 Å². The van der Waals surface area contributed by atoms with Gasteiger partial charge in [-0.1, -0.05) is 60.7 Å². The SMILES string of the molecule is COc1ccc(NC(=O)C(c2ccccc2)N(Cc2ccccc2F)C(=O)CN2C(=O)C(=O)c3ccccc32)cc1. The maximum absolute atomic E-state index is 14.9. The maximum Gasteiger partial charge on any atom is 0.299 e. The van der Waals surface area contributed by atoms with E-state index in [0.717, 1.165) is 4.90 Å².